The van der Waals surface area contributed by atoms with Crippen molar-refractivity contribution in [2.24, 2.45) is 5.92 Å². The highest BCUT2D eigenvalue weighted by Gasteiger charge is 2.28. The lowest BCUT2D eigenvalue weighted by atomic mass is 9.84. The predicted molar refractivity (Wildman–Crippen MR) is 119 cm³/mol. The summed E-state index contributed by atoms with van der Waals surface area (Å²) in [6, 6.07) is 14.7. The lowest BCUT2D eigenvalue weighted by Gasteiger charge is -2.24. The fourth-order valence-corrected chi connectivity index (χ4v) is 4.05. The highest BCUT2D eigenvalue weighted by atomic mass is 16.5. The van der Waals surface area contributed by atoms with Gasteiger partial charge in [0.25, 0.3) is 5.91 Å². The smallest absolute Gasteiger partial charge is 0.339 e. The van der Waals surface area contributed by atoms with Crippen LogP contribution in [0.4, 0.5) is 5.69 Å². The molecule has 0 fully saturated rings. The first-order valence-electron chi connectivity index (χ1n) is 10.5. The van der Waals surface area contributed by atoms with E-state index in [9.17, 15) is 9.59 Å². The minimum Gasteiger partial charge on any atom is -0.495 e. The Bertz CT molecular complexity index is 1140. The minimum absolute atomic E-state index is 0.418. The molecule has 0 spiro atoms. The Labute approximate surface area is 181 Å². The summed E-state index contributed by atoms with van der Waals surface area (Å²) in [5.74, 6) is 0.0934. The quantitative estimate of drug-likeness (QED) is 0.615. The summed E-state index contributed by atoms with van der Waals surface area (Å²) in [5.41, 5.74) is 3.73. The van der Waals surface area contributed by atoms with Gasteiger partial charge in [-0.3, -0.25) is 9.78 Å². The number of benzene rings is 2. The van der Waals surface area contributed by atoms with Crippen molar-refractivity contribution in [3.63, 3.8) is 0 Å². The van der Waals surface area contributed by atoms with Crippen LogP contribution in [0.15, 0.2) is 48.5 Å². The van der Waals surface area contributed by atoms with Crippen LogP contribution in [-0.4, -0.2) is 30.1 Å². The number of anilines is 1. The number of para-hydroxylation sites is 3. The van der Waals surface area contributed by atoms with Crippen molar-refractivity contribution in [3.8, 4) is 5.75 Å². The fraction of sp³-hybridized carbons (Fsp3) is 0.320. The summed E-state index contributed by atoms with van der Waals surface area (Å²) in [4.78, 5) is 30.8. The summed E-state index contributed by atoms with van der Waals surface area (Å²) < 4.78 is 10.9. The number of methoxy groups -OCH3 is 1. The van der Waals surface area contributed by atoms with Crippen LogP contribution >= 0.6 is 0 Å². The first-order chi connectivity index (χ1) is 15.0. The molecule has 0 unspecified atom stereocenters. The zero-order valence-electron chi connectivity index (χ0n) is 18.0. The van der Waals surface area contributed by atoms with Crippen LogP contribution in [0.5, 0.6) is 5.75 Å². The predicted octanol–water partition coefficient (Wildman–Crippen LogP) is 4.55. The number of pyridine rings is 1. The Morgan fingerprint density at radius 1 is 1.13 bits per heavy atom. The van der Waals surface area contributed by atoms with E-state index in [1.807, 2.05) is 30.3 Å². The van der Waals surface area contributed by atoms with E-state index in [1.54, 1.807) is 25.1 Å². The minimum atomic E-state index is -0.971. The van der Waals surface area contributed by atoms with Crippen LogP contribution in [0.25, 0.3) is 10.9 Å². The van der Waals surface area contributed by atoms with Crippen LogP contribution in [0, 0.1) is 5.92 Å². The molecule has 1 aliphatic rings. The second-order valence-electron chi connectivity index (χ2n) is 8.01. The summed E-state index contributed by atoms with van der Waals surface area (Å²) in [6.07, 6.45) is 1.69. The number of rotatable bonds is 5. The van der Waals surface area contributed by atoms with Gasteiger partial charge in [0.2, 0.25) is 0 Å². The summed E-state index contributed by atoms with van der Waals surface area (Å²) in [7, 11) is 1.53. The maximum absolute atomic E-state index is 13.3. The van der Waals surface area contributed by atoms with Crippen LogP contribution in [-0.2, 0) is 22.4 Å². The van der Waals surface area contributed by atoms with Crippen LogP contribution < -0.4 is 10.1 Å². The molecule has 1 amide bonds. The molecule has 3 aromatic rings. The Hall–Kier alpha value is -3.41. The molecule has 160 valence electrons. The molecule has 1 N–H and O–H groups in total. The average molecular weight is 418 g/mol. The van der Waals surface area contributed by atoms with E-state index < -0.39 is 18.0 Å². The number of fused-ring (bicyclic) bond motifs is 2. The number of aromatic nitrogens is 1. The second kappa shape index (κ2) is 8.76. The maximum atomic E-state index is 13.3. The van der Waals surface area contributed by atoms with E-state index in [0.717, 1.165) is 41.4 Å². The molecule has 0 bridgehead atoms. The first kappa shape index (κ1) is 20.8. The van der Waals surface area contributed by atoms with Crippen molar-refractivity contribution >= 4 is 28.5 Å². The SMILES string of the molecule is COc1ccccc1NC(=O)[C@H](C)OC(=O)c1c2c(nc3ccccc13)CC[C@H](C)C2. The molecule has 31 heavy (non-hydrogen) atoms. The number of esters is 1. The van der Waals surface area contributed by atoms with Gasteiger partial charge < -0.3 is 14.8 Å². The summed E-state index contributed by atoms with van der Waals surface area (Å²) in [6.45, 7) is 3.75. The molecule has 0 aliphatic heterocycles. The largest absolute Gasteiger partial charge is 0.495 e. The lowest BCUT2D eigenvalue weighted by molar-refractivity contribution is -0.123. The zero-order valence-corrected chi connectivity index (χ0v) is 18.0. The highest BCUT2D eigenvalue weighted by Crippen LogP contribution is 2.32. The van der Waals surface area contributed by atoms with E-state index in [0.29, 0.717) is 22.9 Å². The fourth-order valence-electron chi connectivity index (χ4n) is 4.05. The highest BCUT2D eigenvalue weighted by molar-refractivity contribution is 6.06. The number of aryl methyl sites for hydroxylation is 1. The maximum Gasteiger partial charge on any atom is 0.339 e. The Balaban J connectivity index is 1.61. The molecule has 2 aromatic carbocycles. The van der Waals surface area contributed by atoms with Gasteiger partial charge in [0.15, 0.2) is 6.10 Å². The molecule has 1 aromatic heterocycles. The Morgan fingerprint density at radius 3 is 2.68 bits per heavy atom. The van der Waals surface area contributed by atoms with E-state index in [-0.39, 0.29) is 0 Å². The van der Waals surface area contributed by atoms with Gasteiger partial charge in [0.05, 0.1) is 23.9 Å². The standard InChI is InChI=1S/C25H26N2O4/c1-15-12-13-20-18(14-15)23(17-8-4-5-9-19(17)26-20)25(29)31-16(2)24(28)27-21-10-6-7-11-22(21)30-3/h4-11,15-16H,12-14H2,1-3H3,(H,27,28)/t15-,16-/m0/s1. The molecule has 6 nitrogen and oxygen atoms in total. The number of nitrogens with zero attached hydrogens (tertiary/aromatic N) is 1. The van der Waals surface area contributed by atoms with Crippen LogP contribution in [0.2, 0.25) is 0 Å². The molecule has 1 heterocycles. The summed E-state index contributed by atoms with van der Waals surface area (Å²) in [5, 5.41) is 3.53. The van der Waals surface area contributed by atoms with E-state index in [2.05, 4.69) is 12.2 Å². The van der Waals surface area contributed by atoms with Gasteiger partial charge in [-0.2, -0.15) is 0 Å². The molecule has 2 atom stereocenters. The van der Waals surface area contributed by atoms with E-state index >= 15 is 0 Å². The third-order valence-corrected chi connectivity index (χ3v) is 5.73. The molecule has 6 heteroatoms. The van der Waals surface area contributed by atoms with Crippen molar-refractivity contribution in [1.82, 2.24) is 4.98 Å². The van der Waals surface area contributed by atoms with Crippen molar-refractivity contribution in [1.29, 1.82) is 0 Å². The van der Waals surface area contributed by atoms with E-state index in [4.69, 9.17) is 14.5 Å². The van der Waals surface area contributed by atoms with E-state index in [1.165, 1.54) is 7.11 Å². The van der Waals surface area contributed by atoms with Crippen molar-refractivity contribution < 1.29 is 19.1 Å². The zero-order chi connectivity index (χ0) is 22.0. The normalized spacial score (nSPS) is 16.3. The van der Waals surface area contributed by atoms with Crippen LogP contribution in [0.1, 0.15) is 41.9 Å². The number of carbonyl (C=O) groups excluding carboxylic acids is 2. The number of hydrogen-bond acceptors (Lipinski definition) is 5. The lowest BCUT2D eigenvalue weighted by Crippen LogP contribution is -2.31. The third kappa shape index (κ3) is 4.24. The number of nitrogens with one attached hydrogen (secondary N) is 1. The van der Waals surface area contributed by atoms with Gasteiger partial charge in [-0.05, 0) is 55.9 Å². The van der Waals surface area contributed by atoms with Crippen molar-refractivity contribution in [2.45, 2.75) is 39.2 Å². The second-order valence-corrected chi connectivity index (χ2v) is 8.01. The van der Waals surface area contributed by atoms with Gasteiger partial charge in [0.1, 0.15) is 5.75 Å². The van der Waals surface area contributed by atoms with Gasteiger partial charge >= 0.3 is 5.97 Å². The van der Waals surface area contributed by atoms with Gasteiger partial charge in [-0.1, -0.05) is 37.3 Å². The molecule has 1 aliphatic carbocycles. The molecule has 0 radical (unpaired) electrons. The topological polar surface area (TPSA) is 77.5 Å². The van der Waals surface area contributed by atoms with Crippen molar-refractivity contribution in [3.05, 3.63) is 65.4 Å². The molecule has 0 saturated carbocycles. The van der Waals surface area contributed by atoms with Gasteiger partial charge in [-0.25, -0.2) is 4.79 Å². The Morgan fingerprint density at radius 2 is 1.87 bits per heavy atom. The van der Waals surface area contributed by atoms with Gasteiger partial charge in [0, 0.05) is 11.1 Å². The first-order valence-corrected chi connectivity index (χ1v) is 10.5. The third-order valence-electron chi connectivity index (χ3n) is 5.73. The molecular formula is C25H26N2O4. The number of carbonyl (C=O) groups is 2. The molecular weight excluding hydrogens is 392 g/mol. The van der Waals surface area contributed by atoms with Crippen molar-refractivity contribution in [2.75, 3.05) is 12.4 Å². The molecule has 4 rings (SSSR count). The van der Waals surface area contributed by atoms with Crippen LogP contribution in [0.3, 0.4) is 0 Å². The molecule has 0 saturated heterocycles. The summed E-state index contributed by atoms with van der Waals surface area (Å²) >= 11 is 0. The monoisotopic (exact) mass is 418 g/mol. The number of ether oxygens (including phenoxy) is 2. The average Bonchev–Trinajstić information content (AvgIpc) is 2.77. The number of amides is 1. The van der Waals surface area contributed by atoms with Gasteiger partial charge in [-0.15, -0.1) is 0 Å². The Kier molecular flexibility index (Phi) is 5.89. The number of hydrogen-bond donors (Lipinski definition) is 1.